The van der Waals surface area contributed by atoms with E-state index in [0.29, 0.717) is 5.75 Å². The summed E-state index contributed by atoms with van der Waals surface area (Å²) >= 11 is 1.46. The van der Waals surface area contributed by atoms with Crippen LogP contribution in [0.15, 0.2) is 60.8 Å². The molecule has 0 bridgehead atoms. The molecule has 3 amide bonds. The molecule has 0 aliphatic carbocycles. The topological polar surface area (TPSA) is 187 Å². The average Bonchev–Trinajstić information content (AvgIpc) is 3.36. The van der Waals surface area contributed by atoms with E-state index in [0.717, 1.165) is 22.0 Å². The summed E-state index contributed by atoms with van der Waals surface area (Å²) in [5.74, 6) is -2.70. The Labute approximate surface area is 242 Å². The van der Waals surface area contributed by atoms with Gasteiger partial charge in [0.2, 0.25) is 17.7 Å². The molecule has 12 heteroatoms. The second kappa shape index (κ2) is 15.2. The van der Waals surface area contributed by atoms with Gasteiger partial charge in [0.25, 0.3) is 0 Å². The third kappa shape index (κ3) is 9.07. The predicted octanol–water partition coefficient (Wildman–Crippen LogP) is 0.953. The molecule has 2 aromatic carbocycles. The van der Waals surface area contributed by atoms with Gasteiger partial charge < -0.3 is 36.9 Å². The minimum absolute atomic E-state index is 0.0687. The van der Waals surface area contributed by atoms with Gasteiger partial charge in [0.15, 0.2) is 0 Å². The lowest BCUT2D eigenvalue weighted by molar-refractivity contribution is -0.142. The highest BCUT2D eigenvalue weighted by Gasteiger charge is 2.31. The van der Waals surface area contributed by atoms with Crippen molar-refractivity contribution in [3.63, 3.8) is 0 Å². The second-order valence-corrected chi connectivity index (χ2v) is 10.8. The van der Waals surface area contributed by atoms with Gasteiger partial charge in [-0.15, -0.1) is 0 Å². The van der Waals surface area contributed by atoms with Crippen LogP contribution >= 0.6 is 11.8 Å². The summed E-state index contributed by atoms with van der Waals surface area (Å²) < 4.78 is 0. The molecule has 0 saturated carbocycles. The molecule has 0 saturated heterocycles. The van der Waals surface area contributed by atoms with Crippen LogP contribution in [0, 0.1) is 0 Å². The van der Waals surface area contributed by atoms with Crippen molar-refractivity contribution in [2.45, 2.75) is 56.5 Å². The molecule has 0 spiro atoms. The fraction of sp³-hybridized carbons (Fsp3) is 0.379. The number of aliphatic hydroxyl groups is 1. The van der Waals surface area contributed by atoms with E-state index < -0.39 is 54.0 Å². The van der Waals surface area contributed by atoms with Crippen LogP contribution in [-0.2, 0) is 32.0 Å². The lowest BCUT2D eigenvalue weighted by Gasteiger charge is -2.26. The van der Waals surface area contributed by atoms with E-state index in [4.69, 9.17) is 5.73 Å². The van der Waals surface area contributed by atoms with Crippen molar-refractivity contribution in [3.8, 4) is 0 Å². The summed E-state index contributed by atoms with van der Waals surface area (Å²) in [4.78, 5) is 54.8. The summed E-state index contributed by atoms with van der Waals surface area (Å²) in [5, 5.41) is 28.2. The van der Waals surface area contributed by atoms with Gasteiger partial charge in [-0.3, -0.25) is 14.4 Å². The van der Waals surface area contributed by atoms with Crippen LogP contribution in [0.2, 0.25) is 0 Å². The van der Waals surface area contributed by atoms with Crippen LogP contribution in [0.1, 0.15) is 24.5 Å². The molecule has 0 aliphatic heterocycles. The van der Waals surface area contributed by atoms with E-state index in [2.05, 4.69) is 20.9 Å². The molecule has 0 radical (unpaired) electrons. The molecule has 5 atom stereocenters. The first-order valence-electron chi connectivity index (χ1n) is 13.3. The lowest BCUT2D eigenvalue weighted by atomic mass is 10.0. The molecule has 41 heavy (non-hydrogen) atoms. The van der Waals surface area contributed by atoms with Crippen molar-refractivity contribution in [1.82, 2.24) is 20.9 Å². The summed E-state index contributed by atoms with van der Waals surface area (Å²) in [6.07, 6.45) is 2.80. The van der Waals surface area contributed by atoms with Crippen LogP contribution in [0.3, 0.4) is 0 Å². The van der Waals surface area contributed by atoms with Gasteiger partial charge in [0.05, 0.1) is 6.10 Å². The highest BCUT2D eigenvalue weighted by molar-refractivity contribution is 7.98. The number of aliphatic hydroxyl groups excluding tert-OH is 1. The van der Waals surface area contributed by atoms with Crippen molar-refractivity contribution < 1.29 is 29.4 Å². The molecule has 1 heterocycles. The minimum atomic E-state index is -1.27. The number of benzene rings is 2. The maximum Gasteiger partial charge on any atom is 0.326 e. The molecule has 5 unspecified atom stereocenters. The van der Waals surface area contributed by atoms with Crippen molar-refractivity contribution >= 4 is 46.4 Å². The summed E-state index contributed by atoms with van der Waals surface area (Å²) in [5.41, 5.74) is 8.17. The van der Waals surface area contributed by atoms with Gasteiger partial charge >= 0.3 is 5.97 Å². The molecule has 0 fully saturated rings. The van der Waals surface area contributed by atoms with E-state index in [1.807, 2.05) is 36.6 Å². The number of fused-ring (bicyclic) bond motifs is 1. The third-order valence-electron chi connectivity index (χ3n) is 6.70. The number of rotatable bonds is 15. The van der Waals surface area contributed by atoms with E-state index in [9.17, 15) is 29.4 Å². The fourth-order valence-corrected chi connectivity index (χ4v) is 4.78. The third-order valence-corrected chi connectivity index (χ3v) is 7.34. The number of aromatic nitrogens is 1. The Kier molecular flexibility index (Phi) is 11.7. The zero-order valence-corrected chi connectivity index (χ0v) is 23.8. The lowest BCUT2D eigenvalue weighted by Crippen LogP contribution is -2.59. The number of carbonyl (C=O) groups is 4. The monoisotopic (exact) mass is 583 g/mol. The van der Waals surface area contributed by atoms with Gasteiger partial charge in [-0.1, -0.05) is 48.5 Å². The Hall–Kier alpha value is -3.87. The van der Waals surface area contributed by atoms with E-state index in [1.54, 1.807) is 30.5 Å². The zero-order chi connectivity index (χ0) is 29.9. The summed E-state index contributed by atoms with van der Waals surface area (Å²) in [7, 11) is 0. The van der Waals surface area contributed by atoms with E-state index in [1.165, 1.54) is 18.7 Å². The van der Waals surface area contributed by atoms with Crippen LogP contribution in [0.5, 0.6) is 0 Å². The number of hydrogen-bond donors (Lipinski definition) is 7. The Morgan fingerprint density at radius 3 is 2.10 bits per heavy atom. The molecular formula is C29H37N5O6S. The van der Waals surface area contributed by atoms with Crippen LogP contribution in [0.25, 0.3) is 10.9 Å². The summed E-state index contributed by atoms with van der Waals surface area (Å²) in [6.45, 7) is 1.37. The number of carboxylic acids is 1. The van der Waals surface area contributed by atoms with Crippen molar-refractivity contribution in [2.24, 2.45) is 5.73 Å². The number of amides is 3. The largest absolute Gasteiger partial charge is 0.480 e. The number of aliphatic carboxylic acids is 1. The Balaban J connectivity index is 1.88. The average molecular weight is 584 g/mol. The first kappa shape index (κ1) is 31.7. The molecule has 220 valence electrons. The van der Waals surface area contributed by atoms with Crippen molar-refractivity contribution in [1.29, 1.82) is 0 Å². The SMILES string of the molecule is CSCCC(NC(=O)C(Cc1ccccc1)NC(=O)C(Cc1c[nH]c2ccccc12)NC(=O)C(N)C(C)O)C(=O)O. The summed E-state index contributed by atoms with van der Waals surface area (Å²) in [6, 6.07) is 11.8. The minimum Gasteiger partial charge on any atom is -0.480 e. The zero-order valence-electron chi connectivity index (χ0n) is 23.0. The van der Waals surface area contributed by atoms with E-state index in [-0.39, 0.29) is 19.3 Å². The van der Waals surface area contributed by atoms with Crippen LogP contribution < -0.4 is 21.7 Å². The standard InChI is InChI=1S/C29H37N5O6S/c1-17(35)25(30)28(38)34-24(15-19-16-31-21-11-7-6-10-20(19)21)27(37)33-23(14-18-8-4-3-5-9-18)26(36)32-22(29(39)40)12-13-41-2/h3-11,16-17,22-25,31,35H,12-15,30H2,1-2H3,(H,32,36)(H,33,37)(H,34,38)(H,39,40). The quantitative estimate of drug-likeness (QED) is 0.138. The Morgan fingerprint density at radius 1 is 0.878 bits per heavy atom. The molecule has 3 rings (SSSR count). The van der Waals surface area contributed by atoms with Crippen LogP contribution in [-0.4, -0.2) is 81.2 Å². The highest BCUT2D eigenvalue weighted by atomic mass is 32.2. The molecule has 1 aromatic heterocycles. The second-order valence-electron chi connectivity index (χ2n) is 9.82. The maximum atomic E-state index is 13.7. The molecule has 3 aromatic rings. The van der Waals surface area contributed by atoms with Crippen LogP contribution in [0.4, 0.5) is 0 Å². The molecule has 8 N–H and O–H groups in total. The molecule has 11 nitrogen and oxygen atoms in total. The number of nitrogens with one attached hydrogen (secondary N) is 4. The van der Waals surface area contributed by atoms with Crippen molar-refractivity contribution in [3.05, 3.63) is 71.9 Å². The molecular weight excluding hydrogens is 546 g/mol. The smallest absolute Gasteiger partial charge is 0.326 e. The van der Waals surface area contributed by atoms with Crippen molar-refractivity contribution in [2.75, 3.05) is 12.0 Å². The first-order chi connectivity index (χ1) is 19.6. The number of H-pyrrole nitrogens is 1. The fourth-order valence-electron chi connectivity index (χ4n) is 4.31. The number of hydrogen-bond acceptors (Lipinski definition) is 7. The normalized spacial score (nSPS) is 14.8. The molecule has 0 aliphatic rings. The highest BCUT2D eigenvalue weighted by Crippen LogP contribution is 2.19. The van der Waals surface area contributed by atoms with E-state index >= 15 is 0 Å². The van der Waals surface area contributed by atoms with Gasteiger partial charge in [0, 0.05) is 29.9 Å². The number of carbonyl (C=O) groups excluding carboxylic acids is 3. The van der Waals surface area contributed by atoms with Gasteiger partial charge in [0.1, 0.15) is 24.2 Å². The number of thioether (sulfide) groups is 1. The van der Waals surface area contributed by atoms with Gasteiger partial charge in [-0.25, -0.2) is 4.79 Å². The Bertz CT molecular complexity index is 1330. The van der Waals surface area contributed by atoms with Gasteiger partial charge in [-0.2, -0.15) is 11.8 Å². The number of para-hydroxylation sites is 1. The number of aromatic amines is 1. The van der Waals surface area contributed by atoms with Gasteiger partial charge in [-0.05, 0) is 42.5 Å². The number of nitrogens with two attached hydrogens (primary N) is 1. The predicted molar refractivity (Wildman–Crippen MR) is 158 cm³/mol. The number of carboxylic acid groups (broad SMARTS) is 1. The maximum absolute atomic E-state index is 13.7. The Morgan fingerprint density at radius 2 is 1.46 bits per heavy atom. The first-order valence-corrected chi connectivity index (χ1v) is 14.7.